The summed E-state index contributed by atoms with van der Waals surface area (Å²) in [6.45, 7) is 1.42. The molecule has 0 aromatic carbocycles. The largest absolute Gasteiger partial charge is 0.477 e. The van der Waals surface area contributed by atoms with Crippen LogP contribution in [-0.2, 0) is 0 Å². The first-order valence-electron chi connectivity index (χ1n) is 3.08. The Balaban J connectivity index is 3.43. The fraction of sp³-hybridized carbons (Fsp3) is 0.143. The molecule has 1 aromatic heterocycles. The van der Waals surface area contributed by atoms with Gasteiger partial charge in [-0.1, -0.05) is 11.6 Å². The van der Waals surface area contributed by atoms with Gasteiger partial charge in [0.05, 0.1) is 0 Å². The van der Waals surface area contributed by atoms with E-state index in [1.165, 1.54) is 13.1 Å². The number of pyridine rings is 1. The summed E-state index contributed by atoms with van der Waals surface area (Å²) in [6, 6.07) is 0. The van der Waals surface area contributed by atoms with Crippen molar-refractivity contribution in [1.82, 2.24) is 4.98 Å². The smallest absolute Gasteiger partial charge is 0.341 e. The van der Waals surface area contributed by atoms with Gasteiger partial charge >= 0.3 is 5.97 Å². The van der Waals surface area contributed by atoms with Crippen molar-refractivity contribution in [1.29, 1.82) is 0 Å². The lowest BCUT2D eigenvalue weighted by Crippen LogP contribution is -2.04. The average molecular weight is 190 g/mol. The molecule has 0 amide bonds. The van der Waals surface area contributed by atoms with E-state index in [2.05, 4.69) is 4.98 Å². The Morgan fingerprint density at radius 3 is 2.75 bits per heavy atom. The van der Waals surface area contributed by atoms with Gasteiger partial charge in [0.2, 0.25) is 0 Å². The minimum atomic E-state index is -1.41. The highest BCUT2D eigenvalue weighted by Crippen LogP contribution is 2.18. The Labute approximate surface area is 72.8 Å². The molecule has 0 bridgehead atoms. The standard InChI is InChI=1S/C7H5ClFNO2/c1-3-2-10-6(8)4(5(3)9)7(11)12/h2H,1H3,(H,11,12). The molecule has 1 N–H and O–H groups in total. The third-order valence-corrected chi connectivity index (χ3v) is 1.64. The van der Waals surface area contributed by atoms with Crippen LogP contribution in [0.4, 0.5) is 4.39 Å². The van der Waals surface area contributed by atoms with Crippen LogP contribution in [0.25, 0.3) is 0 Å². The lowest BCUT2D eigenvalue weighted by Gasteiger charge is -2.01. The molecule has 0 saturated heterocycles. The van der Waals surface area contributed by atoms with Crippen LogP contribution in [-0.4, -0.2) is 16.1 Å². The number of aromatic nitrogens is 1. The number of aromatic carboxylic acids is 1. The lowest BCUT2D eigenvalue weighted by molar-refractivity contribution is 0.0691. The van der Waals surface area contributed by atoms with Crippen molar-refractivity contribution in [3.8, 4) is 0 Å². The first kappa shape index (κ1) is 8.93. The Kier molecular flexibility index (Phi) is 2.28. The molecule has 1 rings (SSSR count). The molecule has 0 saturated carbocycles. The molecule has 0 unspecified atom stereocenters. The van der Waals surface area contributed by atoms with E-state index >= 15 is 0 Å². The first-order chi connectivity index (χ1) is 5.54. The highest BCUT2D eigenvalue weighted by molar-refractivity contribution is 6.32. The van der Waals surface area contributed by atoms with Gasteiger partial charge < -0.3 is 5.11 Å². The summed E-state index contributed by atoms with van der Waals surface area (Å²) in [5.74, 6) is -2.24. The van der Waals surface area contributed by atoms with E-state index in [0.717, 1.165) is 0 Å². The quantitative estimate of drug-likeness (QED) is 0.687. The van der Waals surface area contributed by atoms with Gasteiger partial charge in [0, 0.05) is 11.8 Å². The van der Waals surface area contributed by atoms with E-state index in [9.17, 15) is 9.18 Å². The average Bonchev–Trinajstić information content (AvgIpc) is 1.97. The second kappa shape index (κ2) is 3.06. The van der Waals surface area contributed by atoms with Crippen LogP contribution in [0.2, 0.25) is 5.15 Å². The number of hydrogen-bond donors (Lipinski definition) is 1. The van der Waals surface area contributed by atoms with E-state index in [1.54, 1.807) is 0 Å². The maximum absolute atomic E-state index is 13.0. The van der Waals surface area contributed by atoms with Crippen molar-refractivity contribution in [2.24, 2.45) is 0 Å². The number of hydrogen-bond acceptors (Lipinski definition) is 2. The summed E-state index contributed by atoms with van der Waals surface area (Å²) in [5, 5.41) is 8.18. The second-order valence-electron chi connectivity index (χ2n) is 2.23. The molecule has 64 valence electrons. The van der Waals surface area contributed by atoms with Crippen molar-refractivity contribution in [3.05, 3.63) is 28.3 Å². The molecular formula is C7H5ClFNO2. The van der Waals surface area contributed by atoms with Crippen LogP contribution >= 0.6 is 11.6 Å². The molecule has 0 fully saturated rings. The summed E-state index contributed by atoms with van der Waals surface area (Å²) in [5.41, 5.74) is -0.409. The number of carbonyl (C=O) groups is 1. The Morgan fingerprint density at radius 2 is 2.33 bits per heavy atom. The number of carboxylic acid groups (broad SMARTS) is 1. The van der Waals surface area contributed by atoms with Crippen molar-refractivity contribution in [3.63, 3.8) is 0 Å². The van der Waals surface area contributed by atoms with Crippen LogP contribution in [0.5, 0.6) is 0 Å². The van der Waals surface area contributed by atoms with Crippen LogP contribution in [0.1, 0.15) is 15.9 Å². The van der Waals surface area contributed by atoms with Crippen molar-refractivity contribution >= 4 is 17.6 Å². The van der Waals surface area contributed by atoms with Gasteiger partial charge in [-0.2, -0.15) is 0 Å². The fourth-order valence-electron chi connectivity index (χ4n) is 0.745. The number of carboxylic acids is 1. The summed E-state index contributed by atoms with van der Waals surface area (Å²) < 4.78 is 13.0. The summed E-state index contributed by atoms with van der Waals surface area (Å²) in [7, 11) is 0. The predicted octanol–water partition coefficient (Wildman–Crippen LogP) is 1.88. The van der Waals surface area contributed by atoms with Gasteiger partial charge in [-0.25, -0.2) is 14.2 Å². The van der Waals surface area contributed by atoms with Gasteiger partial charge in [0.15, 0.2) is 0 Å². The summed E-state index contributed by atoms with van der Waals surface area (Å²) >= 11 is 5.36. The zero-order valence-corrected chi connectivity index (χ0v) is 6.89. The van der Waals surface area contributed by atoms with E-state index in [-0.39, 0.29) is 10.7 Å². The molecular weight excluding hydrogens is 185 g/mol. The number of rotatable bonds is 1. The topological polar surface area (TPSA) is 50.2 Å². The Morgan fingerprint density at radius 1 is 1.75 bits per heavy atom. The third-order valence-electron chi connectivity index (χ3n) is 1.36. The van der Waals surface area contributed by atoms with Crippen molar-refractivity contribution < 1.29 is 14.3 Å². The zero-order valence-electron chi connectivity index (χ0n) is 6.14. The summed E-state index contributed by atoms with van der Waals surface area (Å²) in [4.78, 5) is 13.9. The molecule has 5 heteroatoms. The highest BCUT2D eigenvalue weighted by atomic mass is 35.5. The first-order valence-corrected chi connectivity index (χ1v) is 3.45. The molecule has 1 heterocycles. The molecule has 0 spiro atoms. The second-order valence-corrected chi connectivity index (χ2v) is 2.58. The van der Waals surface area contributed by atoms with Gasteiger partial charge in [0.1, 0.15) is 16.5 Å². The number of aryl methyl sites for hydroxylation is 1. The van der Waals surface area contributed by atoms with Gasteiger partial charge in [0.25, 0.3) is 0 Å². The minimum absolute atomic E-state index is 0.164. The van der Waals surface area contributed by atoms with Crippen LogP contribution in [0.3, 0.4) is 0 Å². The Hall–Kier alpha value is -1.16. The minimum Gasteiger partial charge on any atom is -0.477 e. The van der Waals surface area contributed by atoms with Crippen molar-refractivity contribution in [2.75, 3.05) is 0 Å². The van der Waals surface area contributed by atoms with E-state index in [4.69, 9.17) is 16.7 Å². The normalized spacial score (nSPS) is 9.92. The van der Waals surface area contributed by atoms with Crippen LogP contribution in [0.15, 0.2) is 6.20 Å². The maximum Gasteiger partial charge on any atom is 0.341 e. The van der Waals surface area contributed by atoms with Gasteiger partial charge in [-0.15, -0.1) is 0 Å². The lowest BCUT2D eigenvalue weighted by atomic mass is 10.2. The van der Waals surface area contributed by atoms with Crippen molar-refractivity contribution in [2.45, 2.75) is 6.92 Å². The summed E-state index contributed by atoms with van der Waals surface area (Å²) in [6.07, 6.45) is 1.18. The molecule has 0 aliphatic rings. The Bertz CT molecular complexity index is 340. The van der Waals surface area contributed by atoms with Crippen LogP contribution < -0.4 is 0 Å². The van der Waals surface area contributed by atoms with E-state index in [0.29, 0.717) is 0 Å². The van der Waals surface area contributed by atoms with E-state index in [1.807, 2.05) is 0 Å². The zero-order chi connectivity index (χ0) is 9.30. The predicted molar refractivity (Wildman–Crippen MR) is 40.9 cm³/mol. The molecule has 0 radical (unpaired) electrons. The third kappa shape index (κ3) is 1.38. The fourth-order valence-corrected chi connectivity index (χ4v) is 0.957. The molecule has 1 aromatic rings. The highest BCUT2D eigenvalue weighted by Gasteiger charge is 2.17. The molecule has 0 aliphatic carbocycles. The van der Waals surface area contributed by atoms with Gasteiger partial charge in [-0.05, 0) is 6.92 Å². The number of nitrogens with zero attached hydrogens (tertiary/aromatic N) is 1. The molecule has 0 aliphatic heterocycles. The molecule has 12 heavy (non-hydrogen) atoms. The van der Waals surface area contributed by atoms with Crippen LogP contribution in [0, 0.1) is 12.7 Å². The number of halogens is 2. The van der Waals surface area contributed by atoms with E-state index < -0.39 is 17.3 Å². The van der Waals surface area contributed by atoms with Gasteiger partial charge in [-0.3, -0.25) is 0 Å². The maximum atomic E-state index is 13.0. The molecule has 0 atom stereocenters. The molecule has 3 nitrogen and oxygen atoms in total. The SMILES string of the molecule is Cc1cnc(Cl)c(C(=O)O)c1F. The monoisotopic (exact) mass is 189 g/mol.